The Morgan fingerprint density at radius 3 is 1.29 bits per heavy atom. The molecule has 0 aromatic heterocycles. The summed E-state index contributed by atoms with van der Waals surface area (Å²) in [6.07, 6.45) is -0.687. The third-order valence-electron chi connectivity index (χ3n) is 3.95. The molecule has 0 aliphatic carbocycles. The molecule has 0 bridgehead atoms. The van der Waals surface area contributed by atoms with Crippen molar-refractivity contribution in [3.8, 4) is 11.5 Å². The van der Waals surface area contributed by atoms with E-state index in [4.69, 9.17) is 9.47 Å². The van der Waals surface area contributed by atoms with Crippen LogP contribution in [0, 0.1) is 0 Å². The fraction of sp³-hybridized carbons (Fsp3) is 0.200. The van der Waals surface area contributed by atoms with Crippen molar-refractivity contribution >= 4 is 0 Å². The molecule has 24 heavy (non-hydrogen) atoms. The number of ether oxygens (including phenoxy) is 2. The lowest BCUT2D eigenvalue weighted by atomic mass is 10.1. The summed E-state index contributed by atoms with van der Waals surface area (Å²) in [6.45, 7) is 3.66. The molecule has 0 aliphatic rings. The molecule has 0 amide bonds. The highest BCUT2D eigenvalue weighted by atomic mass is 16.5. The molecule has 3 aromatic carbocycles. The monoisotopic (exact) mass is 322 g/mol. The SMILES string of the molecule is CC(Oc1c(OC(C)c2ccccc2)c(=O)c1=O)c1ccccc1. The van der Waals surface area contributed by atoms with Crippen molar-refractivity contribution in [2.75, 3.05) is 0 Å². The molecule has 3 rings (SSSR count). The zero-order valence-corrected chi connectivity index (χ0v) is 13.6. The summed E-state index contributed by atoms with van der Waals surface area (Å²) in [5, 5.41) is 0. The molecule has 2 unspecified atom stereocenters. The first-order valence-electron chi connectivity index (χ1n) is 7.84. The maximum atomic E-state index is 11.8. The van der Waals surface area contributed by atoms with E-state index in [1.165, 1.54) is 0 Å². The van der Waals surface area contributed by atoms with Crippen LogP contribution >= 0.6 is 0 Å². The summed E-state index contributed by atoms with van der Waals surface area (Å²) in [6, 6.07) is 19.0. The van der Waals surface area contributed by atoms with E-state index < -0.39 is 10.9 Å². The number of hydrogen-bond acceptors (Lipinski definition) is 4. The van der Waals surface area contributed by atoms with Crippen molar-refractivity contribution in [3.63, 3.8) is 0 Å². The second-order valence-electron chi connectivity index (χ2n) is 5.66. The van der Waals surface area contributed by atoms with Crippen molar-refractivity contribution in [3.05, 3.63) is 92.2 Å². The Kier molecular flexibility index (Phi) is 4.47. The van der Waals surface area contributed by atoms with Gasteiger partial charge in [0.25, 0.3) is 10.9 Å². The highest BCUT2D eigenvalue weighted by Crippen LogP contribution is 2.30. The summed E-state index contributed by atoms with van der Waals surface area (Å²) < 4.78 is 11.4. The zero-order chi connectivity index (χ0) is 17.1. The maximum Gasteiger partial charge on any atom is 0.275 e. The Hall–Kier alpha value is -2.88. The fourth-order valence-electron chi connectivity index (χ4n) is 2.50. The Labute approximate surface area is 140 Å². The molecule has 0 fully saturated rings. The molecule has 122 valence electrons. The lowest BCUT2D eigenvalue weighted by Gasteiger charge is -2.21. The maximum absolute atomic E-state index is 11.8. The van der Waals surface area contributed by atoms with Gasteiger partial charge < -0.3 is 9.47 Å². The van der Waals surface area contributed by atoms with Crippen LogP contribution in [0.25, 0.3) is 0 Å². The van der Waals surface area contributed by atoms with E-state index in [9.17, 15) is 9.59 Å². The predicted molar refractivity (Wildman–Crippen MR) is 92.3 cm³/mol. The number of rotatable bonds is 6. The summed E-state index contributed by atoms with van der Waals surface area (Å²) >= 11 is 0. The second kappa shape index (κ2) is 6.71. The molecule has 4 heteroatoms. The van der Waals surface area contributed by atoms with Gasteiger partial charge in [0.15, 0.2) is 0 Å². The topological polar surface area (TPSA) is 52.6 Å². The average molecular weight is 322 g/mol. The molecule has 0 saturated carbocycles. The van der Waals surface area contributed by atoms with Gasteiger partial charge in [-0.15, -0.1) is 0 Å². The minimum atomic E-state index is -0.631. The van der Waals surface area contributed by atoms with Gasteiger partial charge in [-0.3, -0.25) is 9.59 Å². The van der Waals surface area contributed by atoms with Crippen molar-refractivity contribution < 1.29 is 9.47 Å². The first-order chi connectivity index (χ1) is 11.6. The van der Waals surface area contributed by atoms with Gasteiger partial charge in [0.05, 0.1) is 0 Å². The lowest BCUT2D eigenvalue weighted by Crippen LogP contribution is -2.35. The van der Waals surface area contributed by atoms with E-state index in [1.54, 1.807) is 0 Å². The molecule has 0 radical (unpaired) electrons. The van der Waals surface area contributed by atoms with E-state index in [2.05, 4.69) is 0 Å². The lowest BCUT2D eigenvalue weighted by molar-refractivity contribution is 0.174. The van der Waals surface area contributed by atoms with Crippen LogP contribution in [-0.4, -0.2) is 0 Å². The molecule has 2 atom stereocenters. The zero-order valence-electron chi connectivity index (χ0n) is 13.6. The molecule has 0 aliphatic heterocycles. The van der Waals surface area contributed by atoms with Crippen LogP contribution in [0.5, 0.6) is 11.5 Å². The van der Waals surface area contributed by atoms with Crippen molar-refractivity contribution in [2.24, 2.45) is 0 Å². The predicted octanol–water partition coefficient (Wildman–Crippen LogP) is 3.56. The van der Waals surface area contributed by atoms with Crippen molar-refractivity contribution in [1.29, 1.82) is 0 Å². The number of benzene rings is 2. The Morgan fingerprint density at radius 1 is 0.625 bits per heavy atom. The Morgan fingerprint density at radius 2 is 0.958 bits per heavy atom. The van der Waals surface area contributed by atoms with Gasteiger partial charge in [-0.25, -0.2) is 0 Å². The minimum Gasteiger partial charge on any atom is -0.478 e. The molecular weight excluding hydrogens is 304 g/mol. The van der Waals surface area contributed by atoms with Gasteiger partial charge in [-0.05, 0) is 25.0 Å². The van der Waals surface area contributed by atoms with Crippen LogP contribution in [0.1, 0.15) is 37.2 Å². The van der Waals surface area contributed by atoms with Gasteiger partial charge >= 0.3 is 0 Å². The highest BCUT2D eigenvalue weighted by molar-refractivity contribution is 5.46. The number of hydrogen-bond donors (Lipinski definition) is 0. The fourth-order valence-corrected chi connectivity index (χ4v) is 2.50. The molecule has 0 N–H and O–H groups in total. The van der Waals surface area contributed by atoms with E-state index >= 15 is 0 Å². The average Bonchev–Trinajstić information content (AvgIpc) is 2.65. The third kappa shape index (κ3) is 3.08. The van der Waals surface area contributed by atoms with Crippen LogP contribution in [-0.2, 0) is 0 Å². The van der Waals surface area contributed by atoms with Gasteiger partial charge in [0.1, 0.15) is 12.2 Å². The van der Waals surface area contributed by atoms with Gasteiger partial charge in [-0.1, -0.05) is 60.7 Å². The van der Waals surface area contributed by atoms with Crippen LogP contribution in [0.3, 0.4) is 0 Å². The Balaban J connectivity index is 1.78. The quantitative estimate of drug-likeness (QED) is 0.651. The van der Waals surface area contributed by atoms with E-state index in [0.29, 0.717) is 0 Å². The molecule has 4 nitrogen and oxygen atoms in total. The standard InChI is InChI=1S/C20H18O4/c1-13(15-9-5-3-6-10-15)23-19-17(21)18(22)20(19)24-14(2)16-11-7-4-8-12-16/h3-14H,1-2H3. The summed E-state index contributed by atoms with van der Waals surface area (Å²) in [5.74, 6) is 0.0262. The first kappa shape index (κ1) is 16.0. The summed E-state index contributed by atoms with van der Waals surface area (Å²) in [4.78, 5) is 23.7. The summed E-state index contributed by atoms with van der Waals surface area (Å²) in [5.41, 5.74) is 0.585. The van der Waals surface area contributed by atoms with E-state index in [-0.39, 0.29) is 23.7 Å². The van der Waals surface area contributed by atoms with Gasteiger partial charge in [0.2, 0.25) is 11.5 Å². The first-order valence-corrected chi connectivity index (χ1v) is 7.84. The van der Waals surface area contributed by atoms with Crippen LogP contribution in [0.2, 0.25) is 0 Å². The largest absolute Gasteiger partial charge is 0.478 e. The Bertz CT molecular complexity index is 802. The summed E-state index contributed by atoms with van der Waals surface area (Å²) in [7, 11) is 0. The molecule has 0 spiro atoms. The normalized spacial score (nSPS) is 13.4. The van der Waals surface area contributed by atoms with E-state index in [0.717, 1.165) is 11.1 Å². The van der Waals surface area contributed by atoms with Crippen LogP contribution < -0.4 is 20.3 Å². The third-order valence-corrected chi connectivity index (χ3v) is 3.95. The van der Waals surface area contributed by atoms with Gasteiger partial charge in [0, 0.05) is 0 Å². The molecule has 0 heterocycles. The van der Waals surface area contributed by atoms with Crippen molar-refractivity contribution in [1.82, 2.24) is 0 Å². The van der Waals surface area contributed by atoms with Crippen LogP contribution in [0.15, 0.2) is 70.3 Å². The van der Waals surface area contributed by atoms with Crippen molar-refractivity contribution in [2.45, 2.75) is 26.1 Å². The smallest absolute Gasteiger partial charge is 0.275 e. The van der Waals surface area contributed by atoms with Gasteiger partial charge in [-0.2, -0.15) is 0 Å². The molecule has 3 aromatic rings. The highest BCUT2D eigenvalue weighted by Gasteiger charge is 2.28. The van der Waals surface area contributed by atoms with Crippen LogP contribution in [0.4, 0.5) is 0 Å². The second-order valence-corrected chi connectivity index (χ2v) is 5.66. The molecular formula is C20H18O4. The molecule has 0 saturated heterocycles. The minimum absolute atomic E-state index is 0.0131. The van der Waals surface area contributed by atoms with E-state index in [1.807, 2.05) is 74.5 Å².